The minimum Gasteiger partial charge on any atom is -0.352 e. The van der Waals surface area contributed by atoms with Crippen LogP contribution in [-0.4, -0.2) is 50.8 Å². The molecule has 1 aromatic carbocycles. The van der Waals surface area contributed by atoms with Gasteiger partial charge in [0.1, 0.15) is 5.82 Å². The zero-order valence-electron chi connectivity index (χ0n) is 16.5. The predicted molar refractivity (Wildman–Crippen MR) is 108 cm³/mol. The number of hydrogen-bond acceptors (Lipinski definition) is 4. The van der Waals surface area contributed by atoms with Crippen molar-refractivity contribution in [3.8, 4) is 5.69 Å². The van der Waals surface area contributed by atoms with Crippen LogP contribution in [0.2, 0.25) is 0 Å². The highest BCUT2D eigenvalue weighted by Crippen LogP contribution is 2.27. The van der Waals surface area contributed by atoms with Crippen LogP contribution in [-0.2, 0) is 11.8 Å². The zero-order chi connectivity index (χ0) is 19.5. The average molecular weight is 383 g/mol. The number of para-hydroxylation sites is 1. The molecule has 2 aliphatic rings. The third-order valence-electron chi connectivity index (χ3n) is 6.00. The maximum atomic E-state index is 12.6. The van der Waals surface area contributed by atoms with Gasteiger partial charge < -0.3 is 5.32 Å². The fourth-order valence-electron chi connectivity index (χ4n) is 4.46. The third-order valence-corrected chi connectivity index (χ3v) is 6.00. The van der Waals surface area contributed by atoms with Gasteiger partial charge in [-0.05, 0) is 50.9 Å². The Hall–Kier alpha value is -2.41. The molecule has 2 heterocycles. The van der Waals surface area contributed by atoms with Crippen molar-refractivity contribution in [1.29, 1.82) is 0 Å². The van der Waals surface area contributed by atoms with E-state index in [0.717, 1.165) is 50.3 Å². The van der Waals surface area contributed by atoms with Gasteiger partial charge in [-0.25, -0.2) is 14.0 Å². The molecule has 28 heavy (non-hydrogen) atoms. The fraction of sp³-hybridized carbons (Fsp3) is 0.571. The third kappa shape index (κ3) is 4.04. The van der Waals surface area contributed by atoms with Gasteiger partial charge in [0, 0.05) is 19.0 Å². The molecule has 1 aliphatic heterocycles. The van der Waals surface area contributed by atoms with Crippen LogP contribution in [0.25, 0.3) is 5.69 Å². The lowest BCUT2D eigenvalue weighted by molar-refractivity contribution is -0.123. The van der Waals surface area contributed by atoms with E-state index >= 15 is 0 Å². The van der Waals surface area contributed by atoms with Crippen molar-refractivity contribution >= 4 is 5.91 Å². The number of carbonyl (C=O) groups is 1. The maximum Gasteiger partial charge on any atom is 0.350 e. The maximum absolute atomic E-state index is 12.6. The van der Waals surface area contributed by atoms with Crippen LogP contribution in [0.3, 0.4) is 0 Å². The average Bonchev–Trinajstić information content (AvgIpc) is 3.31. The highest BCUT2D eigenvalue weighted by atomic mass is 16.2. The van der Waals surface area contributed by atoms with Crippen LogP contribution in [0.1, 0.15) is 50.3 Å². The summed E-state index contributed by atoms with van der Waals surface area (Å²) in [7, 11) is 1.70. The standard InChI is InChI=1S/C21H29N5O2/c1-24-21(28)26(18-9-3-2-4-10-18)20(23-24)16-11-13-25(14-12-16)15-19(27)22-17-7-5-6-8-17/h2-4,9-10,16-17H,5-8,11-15H2,1H3,(H,22,27). The normalized spacial score (nSPS) is 19.2. The molecule has 2 fully saturated rings. The van der Waals surface area contributed by atoms with Gasteiger partial charge in [-0.1, -0.05) is 31.0 Å². The number of nitrogens with zero attached hydrogens (tertiary/aromatic N) is 4. The molecule has 0 unspecified atom stereocenters. The predicted octanol–water partition coefficient (Wildman–Crippen LogP) is 1.81. The summed E-state index contributed by atoms with van der Waals surface area (Å²) < 4.78 is 3.15. The minimum absolute atomic E-state index is 0.112. The minimum atomic E-state index is -0.112. The van der Waals surface area contributed by atoms with Gasteiger partial charge in [0.05, 0.1) is 12.2 Å². The quantitative estimate of drug-likeness (QED) is 0.855. The van der Waals surface area contributed by atoms with E-state index < -0.39 is 0 Å². The lowest BCUT2D eigenvalue weighted by atomic mass is 9.95. The molecule has 150 valence electrons. The molecule has 1 N–H and O–H groups in total. The van der Waals surface area contributed by atoms with E-state index in [1.165, 1.54) is 17.5 Å². The Kier molecular flexibility index (Phi) is 5.62. The summed E-state index contributed by atoms with van der Waals surface area (Å²) in [5.74, 6) is 1.20. The van der Waals surface area contributed by atoms with Crippen molar-refractivity contribution < 1.29 is 4.79 Å². The van der Waals surface area contributed by atoms with Crippen molar-refractivity contribution in [3.05, 3.63) is 46.6 Å². The van der Waals surface area contributed by atoms with E-state index in [0.29, 0.717) is 12.6 Å². The summed E-state index contributed by atoms with van der Waals surface area (Å²) in [6.07, 6.45) is 6.49. The lowest BCUT2D eigenvalue weighted by Crippen LogP contribution is -2.44. The second-order valence-corrected chi connectivity index (χ2v) is 8.03. The molecule has 0 spiro atoms. The summed E-state index contributed by atoms with van der Waals surface area (Å²) in [5, 5.41) is 7.70. The molecule has 0 atom stereocenters. The molecule has 2 aromatic rings. The van der Waals surface area contributed by atoms with Gasteiger partial charge >= 0.3 is 5.69 Å². The Morgan fingerprint density at radius 1 is 1.11 bits per heavy atom. The number of benzene rings is 1. The van der Waals surface area contributed by atoms with Crippen LogP contribution in [0.5, 0.6) is 0 Å². The van der Waals surface area contributed by atoms with E-state index in [4.69, 9.17) is 0 Å². The van der Waals surface area contributed by atoms with Crippen molar-refractivity contribution in [2.45, 2.75) is 50.5 Å². The van der Waals surface area contributed by atoms with E-state index in [9.17, 15) is 9.59 Å². The number of nitrogens with one attached hydrogen (secondary N) is 1. The van der Waals surface area contributed by atoms with Crippen molar-refractivity contribution in [2.75, 3.05) is 19.6 Å². The molecule has 4 rings (SSSR count). The number of aromatic nitrogens is 3. The number of amides is 1. The second kappa shape index (κ2) is 8.31. The van der Waals surface area contributed by atoms with Gasteiger partial charge in [0.25, 0.3) is 0 Å². The molecule has 1 aliphatic carbocycles. The number of aryl methyl sites for hydroxylation is 1. The largest absolute Gasteiger partial charge is 0.352 e. The van der Waals surface area contributed by atoms with Crippen molar-refractivity contribution in [1.82, 2.24) is 24.6 Å². The highest BCUT2D eigenvalue weighted by molar-refractivity contribution is 5.78. The zero-order valence-corrected chi connectivity index (χ0v) is 16.5. The van der Waals surface area contributed by atoms with Crippen LogP contribution >= 0.6 is 0 Å². The lowest BCUT2D eigenvalue weighted by Gasteiger charge is -2.31. The summed E-state index contributed by atoms with van der Waals surface area (Å²) >= 11 is 0. The Balaban J connectivity index is 1.40. The molecule has 1 amide bonds. The van der Waals surface area contributed by atoms with E-state index in [-0.39, 0.29) is 17.5 Å². The summed E-state index contributed by atoms with van der Waals surface area (Å²) in [5.41, 5.74) is 0.744. The molecule has 1 saturated heterocycles. The van der Waals surface area contributed by atoms with E-state index in [1.807, 2.05) is 30.3 Å². The SMILES string of the molecule is Cn1nc(C2CCN(CC(=O)NC3CCCC3)CC2)n(-c2ccccc2)c1=O. The van der Waals surface area contributed by atoms with Gasteiger partial charge in [-0.15, -0.1) is 0 Å². The van der Waals surface area contributed by atoms with Gasteiger partial charge in [0.15, 0.2) is 0 Å². The monoisotopic (exact) mass is 383 g/mol. The molecular weight excluding hydrogens is 354 g/mol. The van der Waals surface area contributed by atoms with Gasteiger partial charge in [-0.3, -0.25) is 9.69 Å². The van der Waals surface area contributed by atoms with Crippen molar-refractivity contribution in [3.63, 3.8) is 0 Å². The van der Waals surface area contributed by atoms with Crippen molar-refractivity contribution in [2.24, 2.45) is 7.05 Å². The molecule has 7 nitrogen and oxygen atoms in total. The molecule has 1 saturated carbocycles. The topological polar surface area (TPSA) is 72.2 Å². The highest BCUT2D eigenvalue weighted by Gasteiger charge is 2.28. The van der Waals surface area contributed by atoms with E-state index in [2.05, 4.69) is 15.3 Å². The molecule has 0 radical (unpaired) electrons. The van der Waals surface area contributed by atoms with Crippen LogP contribution in [0, 0.1) is 0 Å². The fourth-order valence-corrected chi connectivity index (χ4v) is 4.46. The number of piperidine rings is 1. The van der Waals surface area contributed by atoms with Gasteiger partial charge in [0.2, 0.25) is 5.91 Å². The molecule has 1 aromatic heterocycles. The summed E-state index contributed by atoms with van der Waals surface area (Å²) in [6, 6.07) is 10.1. The smallest absolute Gasteiger partial charge is 0.350 e. The molecule has 0 bridgehead atoms. The number of rotatable bonds is 5. The Bertz CT molecular complexity index is 859. The summed E-state index contributed by atoms with van der Waals surface area (Å²) in [4.78, 5) is 27.1. The summed E-state index contributed by atoms with van der Waals surface area (Å²) in [6.45, 7) is 2.17. The van der Waals surface area contributed by atoms with Crippen LogP contribution in [0.4, 0.5) is 0 Å². The first-order valence-corrected chi connectivity index (χ1v) is 10.3. The Labute approximate surface area is 165 Å². The van der Waals surface area contributed by atoms with Gasteiger partial charge in [-0.2, -0.15) is 5.10 Å². The number of likely N-dealkylation sites (tertiary alicyclic amines) is 1. The molecule has 7 heteroatoms. The Morgan fingerprint density at radius 3 is 2.46 bits per heavy atom. The first kappa shape index (κ1) is 18.9. The molecular formula is C21H29N5O2. The van der Waals surface area contributed by atoms with Crippen LogP contribution < -0.4 is 11.0 Å². The van der Waals surface area contributed by atoms with E-state index in [1.54, 1.807) is 11.6 Å². The number of hydrogen-bond donors (Lipinski definition) is 1. The Morgan fingerprint density at radius 2 is 1.79 bits per heavy atom. The first-order valence-electron chi connectivity index (χ1n) is 10.3. The first-order chi connectivity index (χ1) is 13.6. The second-order valence-electron chi connectivity index (χ2n) is 8.03. The van der Waals surface area contributed by atoms with Crippen LogP contribution in [0.15, 0.2) is 35.1 Å². The number of carbonyl (C=O) groups excluding carboxylic acids is 1.